The molecule has 0 saturated carbocycles. The molecule has 0 fully saturated rings. The number of thiophene rings is 1. The van der Waals surface area contributed by atoms with Gasteiger partial charge in [0.1, 0.15) is 0 Å². The Bertz CT molecular complexity index is 3710. The van der Waals surface area contributed by atoms with Crippen LogP contribution in [0.1, 0.15) is 0 Å². The molecule has 270 valence electrons. The van der Waals surface area contributed by atoms with Crippen molar-refractivity contribution in [3.63, 3.8) is 0 Å². The first kappa shape index (κ1) is 31.8. The number of fused-ring (bicyclic) bond motifs is 12. The summed E-state index contributed by atoms with van der Waals surface area (Å²) in [5, 5.41) is 10.3. The number of nitrogens with zero attached hydrogens (tertiary/aromatic N) is 3. The maximum atomic E-state index is 2.45. The average Bonchev–Trinajstić information content (AvgIpc) is 4.01. The highest BCUT2D eigenvalue weighted by molar-refractivity contribution is 7.26. The molecule has 13 aromatic rings. The van der Waals surface area contributed by atoms with E-state index in [9.17, 15) is 0 Å². The maximum absolute atomic E-state index is 2.45. The summed E-state index contributed by atoms with van der Waals surface area (Å²) in [7, 11) is 0. The largest absolute Gasteiger partial charge is 0.309 e. The summed E-state index contributed by atoms with van der Waals surface area (Å²) in [6, 6.07) is 73.6. The zero-order valence-corrected chi connectivity index (χ0v) is 32.1. The molecule has 0 atom stereocenters. The predicted octanol–water partition coefficient (Wildman–Crippen LogP) is 15.0. The molecular formula is C54H33N3S. The molecule has 13 rings (SSSR count). The summed E-state index contributed by atoms with van der Waals surface area (Å²) in [5.74, 6) is 0. The topological polar surface area (TPSA) is 14.8 Å². The molecule has 0 saturated heterocycles. The lowest BCUT2D eigenvalue weighted by Crippen LogP contribution is -1.97. The summed E-state index contributed by atoms with van der Waals surface area (Å²) in [6.45, 7) is 0. The van der Waals surface area contributed by atoms with E-state index in [-0.39, 0.29) is 0 Å². The molecule has 9 aromatic carbocycles. The summed E-state index contributed by atoms with van der Waals surface area (Å²) < 4.78 is 9.86. The minimum absolute atomic E-state index is 1.15. The van der Waals surface area contributed by atoms with Crippen molar-refractivity contribution in [1.82, 2.24) is 13.7 Å². The molecule has 0 bridgehead atoms. The third kappa shape index (κ3) is 4.49. The average molecular weight is 756 g/mol. The highest BCUT2D eigenvalue weighted by Crippen LogP contribution is 2.44. The Morgan fingerprint density at radius 2 is 0.569 bits per heavy atom. The number of benzene rings is 9. The molecule has 0 amide bonds. The molecule has 0 radical (unpaired) electrons. The first-order valence-corrected chi connectivity index (χ1v) is 20.7. The highest BCUT2D eigenvalue weighted by atomic mass is 32.1. The fourth-order valence-corrected chi connectivity index (χ4v) is 10.8. The first-order valence-electron chi connectivity index (χ1n) is 19.8. The van der Waals surface area contributed by atoms with Crippen molar-refractivity contribution < 1.29 is 0 Å². The fourth-order valence-electron chi connectivity index (χ4n) is 9.64. The molecule has 58 heavy (non-hydrogen) atoms. The zero-order valence-electron chi connectivity index (χ0n) is 31.3. The summed E-state index contributed by atoms with van der Waals surface area (Å²) in [6.07, 6.45) is 0. The summed E-state index contributed by atoms with van der Waals surface area (Å²) in [4.78, 5) is 0. The smallest absolute Gasteiger partial charge is 0.0555 e. The van der Waals surface area contributed by atoms with Gasteiger partial charge < -0.3 is 13.7 Å². The van der Waals surface area contributed by atoms with Crippen LogP contribution in [0.2, 0.25) is 0 Å². The Balaban J connectivity index is 0.986. The predicted molar refractivity (Wildman–Crippen MR) is 248 cm³/mol. The second kappa shape index (κ2) is 12.1. The molecule has 0 unspecified atom stereocenters. The molecule has 0 aliphatic carbocycles. The van der Waals surface area contributed by atoms with Crippen LogP contribution in [-0.2, 0) is 0 Å². The van der Waals surface area contributed by atoms with E-state index in [0.29, 0.717) is 0 Å². The molecule has 0 spiro atoms. The van der Waals surface area contributed by atoms with Gasteiger partial charge in [-0.2, -0.15) is 0 Å². The van der Waals surface area contributed by atoms with Gasteiger partial charge >= 0.3 is 0 Å². The number of hydrogen-bond acceptors (Lipinski definition) is 1. The van der Waals surface area contributed by atoms with Gasteiger partial charge in [-0.25, -0.2) is 0 Å². The Hall–Kier alpha value is -7.40. The van der Waals surface area contributed by atoms with E-state index in [4.69, 9.17) is 0 Å². The molecule has 0 aliphatic heterocycles. The molecule has 4 heterocycles. The minimum atomic E-state index is 1.15. The van der Waals surface area contributed by atoms with E-state index in [1.807, 2.05) is 11.3 Å². The van der Waals surface area contributed by atoms with Crippen LogP contribution in [0.4, 0.5) is 0 Å². The van der Waals surface area contributed by atoms with E-state index in [0.717, 1.165) is 11.4 Å². The van der Waals surface area contributed by atoms with Gasteiger partial charge in [-0.1, -0.05) is 115 Å². The van der Waals surface area contributed by atoms with Gasteiger partial charge in [-0.15, -0.1) is 11.3 Å². The van der Waals surface area contributed by atoms with Crippen LogP contribution in [0.3, 0.4) is 0 Å². The van der Waals surface area contributed by atoms with E-state index in [1.165, 1.54) is 102 Å². The number of para-hydroxylation sites is 4. The Morgan fingerprint density at radius 1 is 0.241 bits per heavy atom. The van der Waals surface area contributed by atoms with Crippen molar-refractivity contribution in [2.45, 2.75) is 0 Å². The maximum Gasteiger partial charge on any atom is 0.0555 e. The van der Waals surface area contributed by atoms with E-state index in [2.05, 4.69) is 214 Å². The van der Waals surface area contributed by atoms with Crippen LogP contribution < -0.4 is 0 Å². The monoisotopic (exact) mass is 755 g/mol. The third-order valence-electron chi connectivity index (χ3n) is 12.2. The quantitative estimate of drug-likeness (QED) is 0.170. The standard InChI is InChI=1S/C54H33N3S/c1-2-12-34(13-3-1)35-22-24-36(25-23-35)56-49-20-10-6-16-41(49)43-30-45-46-31-44-42-17-7-11-21-50(42)57(52(44)33-54(46)58-53(45)32-51(43)56)38-28-26-37(27-29-38)55-47-18-8-4-14-39(47)40-15-5-9-19-48(40)55/h1-33H. The second-order valence-electron chi connectivity index (χ2n) is 15.3. The number of hydrogen-bond donors (Lipinski definition) is 0. The van der Waals surface area contributed by atoms with Crippen LogP contribution in [0.25, 0.3) is 114 Å². The lowest BCUT2D eigenvalue weighted by Gasteiger charge is -2.11. The molecule has 3 nitrogen and oxygen atoms in total. The lowest BCUT2D eigenvalue weighted by molar-refractivity contribution is 1.15. The summed E-state index contributed by atoms with van der Waals surface area (Å²) in [5.41, 5.74) is 13.3. The van der Waals surface area contributed by atoms with Crippen molar-refractivity contribution in [3.8, 4) is 28.2 Å². The van der Waals surface area contributed by atoms with Crippen molar-refractivity contribution >= 4 is 96.9 Å². The van der Waals surface area contributed by atoms with Gasteiger partial charge in [0.2, 0.25) is 0 Å². The van der Waals surface area contributed by atoms with Gasteiger partial charge in [0.05, 0.1) is 33.1 Å². The van der Waals surface area contributed by atoms with Crippen LogP contribution in [0.5, 0.6) is 0 Å². The highest BCUT2D eigenvalue weighted by Gasteiger charge is 2.19. The molecule has 0 N–H and O–H groups in total. The Morgan fingerprint density at radius 3 is 1.00 bits per heavy atom. The fraction of sp³-hybridized carbons (Fsp3) is 0. The van der Waals surface area contributed by atoms with Crippen molar-refractivity contribution in [1.29, 1.82) is 0 Å². The van der Waals surface area contributed by atoms with Gasteiger partial charge in [-0.3, -0.25) is 0 Å². The van der Waals surface area contributed by atoms with Crippen LogP contribution in [0, 0.1) is 0 Å². The van der Waals surface area contributed by atoms with Crippen molar-refractivity contribution in [3.05, 3.63) is 200 Å². The second-order valence-corrected chi connectivity index (χ2v) is 16.4. The molecule has 0 aliphatic rings. The number of aromatic nitrogens is 3. The minimum Gasteiger partial charge on any atom is -0.309 e. The molecule has 4 aromatic heterocycles. The van der Waals surface area contributed by atoms with E-state index in [1.54, 1.807) is 0 Å². The Kier molecular flexibility index (Phi) is 6.60. The van der Waals surface area contributed by atoms with Gasteiger partial charge in [0.15, 0.2) is 0 Å². The molecule has 4 heteroatoms. The van der Waals surface area contributed by atoms with Crippen molar-refractivity contribution in [2.75, 3.05) is 0 Å². The lowest BCUT2D eigenvalue weighted by atomic mass is 10.1. The third-order valence-corrected chi connectivity index (χ3v) is 13.4. The van der Waals surface area contributed by atoms with Crippen molar-refractivity contribution in [2.24, 2.45) is 0 Å². The first-order chi connectivity index (χ1) is 28.8. The Labute approximate surface area is 337 Å². The SMILES string of the molecule is c1ccc(-c2ccc(-n3c4ccccc4c4cc5c(cc43)sc3cc4c(cc35)c3ccccc3n4-c3ccc(-n4c5ccccc5c5ccccc54)cc3)cc2)cc1. The number of rotatable bonds is 4. The van der Waals surface area contributed by atoms with Gasteiger partial charge in [-0.05, 0) is 96.1 Å². The normalized spacial score (nSPS) is 12.1. The summed E-state index contributed by atoms with van der Waals surface area (Å²) >= 11 is 1.89. The molecular weight excluding hydrogens is 723 g/mol. The van der Waals surface area contributed by atoms with Crippen LogP contribution >= 0.6 is 11.3 Å². The van der Waals surface area contributed by atoms with E-state index >= 15 is 0 Å². The van der Waals surface area contributed by atoms with Crippen LogP contribution in [0.15, 0.2) is 200 Å². The zero-order chi connectivity index (χ0) is 37.9. The van der Waals surface area contributed by atoms with E-state index < -0.39 is 0 Å². The van der Waals surface area contributed by atoms with Gasteiger partial charge in [0, 0.05) is 69.6 Å². The van der Waals surface area contributed by atoms with Crippen LogP contribution in [-0.4, -0.2) is 13.7 Å². The van der Waals surface area contributed by atoms with Gasteiger partial charge in [0.25, 0.3) is 0 Å².